The van der Waals surface area contributed by atoms with Gasteiger partial charge in [0.25, 0.3) is 23.2 Å². The number of para-hydroxylation sites is 1. The fourth-order valence-electron chi connectivity index (χ4n) is 3.17. The number of aromatic amines is 1. The second kappa shape index (κ2) is 8.14. The van der Waals surface area contributed by atoms with E-state index >= 15 is 0 Å². The van der Waals surface area contributed by atoms with Gasteiger partial charge in [0.1, 0.15) is 5.69 Å². The molecule has 0 radical (unpaired) electrons. The number of hydrogen-bond acceptors (Lipinski definition) is 4. The van der Waals surface area contributed by atoms with Crippen LogP contribution in [0.1, 0.15) is 34.6 Å². The molecule has 0 bridgehead atoms. The third-order valence-corrected chi connectivity index (χ3v) is 4.77. The number of benzene rings is 1. The zero-order chi connectivity index (χ0) is 21.1. The molecule has 2 heterocycles. The van der Waals surface area contributed by atoms with Crippen LogP contribution in [-0.4, -0.2) is 45.1 Å². The predicted octanol–water partition coefficient (Wildman–Crippen LogP) is 2.17. The first kappa shape index (κ1) is 20.1. The van der Waals surface area contributed by atoms with E-state index in [0.29, 0.717) is 18.5 Å². The Kier molecular flexibility index (Phi) is 5.63. The van der Waals surface area contributed by atoms with Crippen molar-refractivity contribution in [2.24, 2.45) is 7.05 Å². The number of nitrogens with one attached hydrogen (secondary N) is 2. The van der Waals surface area contributed by atoms with Crippen molar-refractivity contribution in [1.82, 2.24) is 14.5 Å². The lowest BCUT2D eigenvalue weighted by atomic mass is 10.1. The SMILES string of the molecule is CCN(CC)C(=O)c1cc(NC(=O)C(=O)c2c[nH]c3ccccc23)c(=O)n(C)c1. The highest BCUT2D eigenvalue weighted by Crippen LogP contribution is 2.18. The van der Waals surface area contributed by atoms with E-state index in [1.165, 1.54) is 30.1 Å². The zero-order valence-corrected chi connectivity index (χ0v) is 16.5. The van der Waals surface area contributed by atoms with E-state index in [2.05, 4.69) is 10.3 Å². The highest BCUT2D eigenvalue weighted by atomic mass is 16.2. The molecule has 3 rings (SSSR count). The van der Waals surface area contributed by atoms with Crippen LogP contribution in [0.4, 0.5) is 5.69 Å². The van der Waals surface area contributed by atoms with E-state index in [1.54, 1.807) is 23.1 Å². The van der Waals surface area contributed by atoms with Gasteiger partial charge in [-0.15, -0.1) is 0 Å². The van der Waals surface area contributed by atoms with Gasteiger partial charge in [0.2, 0.25) is 0 Å². The fourth-order valence-corrected chi connectivity index (χ4v) is 3.17. The molecule has 0 spiro atoms. The molecule has 8 heteroatoms. The maximum Gasteiger partial charge on any atom is 0.296 e. The predicted molar refractivity (Wildman–Crippen MR) is 110 cm³/mol. The third-order valence-electron chi connectivity index (χ3n) is 4.77. The molecular weight excluding hydrogens is 372 g/mol. The van der Waals surface area contributed by atoms with Crippen LogP contribution in [0.2, 0.25) is 0 Å². The summed E-state index contributed by atoms with van der Waals surface area (Å²) in [6.07, 6.45) is 2.88. The maximum atomic E-state index is 12.6. The third kappa shape index (κ3) is 3.82. The topological polar surface area (TPSA) is 104 Å². The minimum Gasteiger partial charge on any atom is -0.360 e. The Balaban J connectivity index is 1.91. The lowest BCUT2D eigenvalue weighted by molar-refractivity contribution is -0.112. The van der Waals surface area contributed by atoms with Crippen LogP contribution >= 0.6 is 0 Å². The van der Waals surface area contributed by atoms with Gasteiger partial charge in [-0.25, -0.2) is 0 Å². The molecule has 0 saturated carbocycles. The standard InChI is InChI=1S/C21H22N4O4/c1-4-25(5-2)20(28)13-10-17(21(29)24(3)12-13)23-19(27)18(26)15-11-22-16-9-7-6-8-14(15)16/h6-12,22H,4-5H2,1-3H3,(H,23,27). The molecule has 0 atom stereocenters. The average Bonchev–Trinajstić information content (AvgIpc) is 3.15. The van der Waals surface area contributed by atoms with Gasteiger partial charge in [0, 0.05) is 43.4 Å². The van der Waals surface area contributed by atoms with Gasteiger partial charge in [0.05, 0.1) is 11.1 Å². The van der Waals surface area contributed by atoms with Crippen LogP contribution in [0.5, 0.6) is 0 Å². The van der Waals surface area contributed by atoms with Crippen molar-refractivity contribution < 1.29 is 14.4 Å². The lowest BCUT2D eigenvalue weighted by Crippen LogP contribution is -2.33. The second-order valence-electron chi connectivity index (χ2n) is 6.57. The number of H-pyrrole nitrogens is 1. The number of ketones is 1. The van der Waals surface area contributed by atoms with E-state index in [0.717, 1.165) is 5.52 Å². The van der Waals surface area contributed by atoms with E-state index in [-0.39, 0.29) is 22.7 Å². The maximum absolute atomic E-state index is 12.6. The number of fused-ring (bicyclic) bond motifs is 1. The van der Waals surface area contributed by atoms with Crippen LogP contribution in [-0.2, 0) is 11.8 Å². The Hall–Kier alpha value is -3.68. The van der Waals surface area contributed by atoms with Crippen LogP contribution in [0.15, 0.2) is 47.5 Å². The second-order valence-corrected chi connectivity index (χ2v) is 6.57. The molecule has 29 heavy (non-hydrogen) atoms. The van der Waals surface area contributed by atoms with Crippen molar-refractivity contribution in [3.8, 4) is 0 Å². The van der Waals surface area contributed by atoms with Crippen molar-refractivity contribution in [1.29, 1.82) is 0 Å². The number of hydrogen-bond donors (Lipinski definition) is 2. The lowest BCUT2D eigenvalue weighted by Gasteiger charge is -2.19. The first-order valence-corrected chi connectivity index (χ1v) is 9.29. The molecule has 2 amide bonds. The summed E-state index contributed by atoms with van der Waals surface area (Å²) < 4.78 is 1.21. The molecule has 1 aromatic carbocycles. The number of carbonyl (C=O) groups excluding carboxylic acids is 3. The van der Waals surface area contributed by atoms with E-state index < -0.39 is 17.2 Å². The highest BCUT2D eigenvalue weighted by Gasteiger charge is 2.22. The van der Waals surface area contributed by atoms with Gasteiger partial charge < -0.3 is 19.8 Å². The molecule has 2 aromatic heterocycles. The van der Waals surface area contributed by atoms with Crippen molar-refractivity contribution in [3.63, 3.8) is 0 Å². The number of Topliss-reactive ketones (excluding diaryl/α,β-unsaturated/α-hetero) is 1. The number of aryl methyl sites for hydroxylation is 1. The van der Waals surface area contributed by atoms with Crippen molar-refractivity contribution in [3.05, 3.63) is 64.2 Å². The summed E-state index contributed by atoms with van der Waals surface area (Å²) >= 11 is 0. The smallest absolute Gasteiger partial charge is 0.296 e. The molecule has 150 valence electrons. The van der Waals surface area contributed by atoms with Crippen molar-refractivity contribution in [2.45, 2.75) is 13.8 Å². The molecule has 3 aromatic rings. The van der Waals surface area contributed by atoms with Crippen LogP contribution in [0.25, 0.3) is 10.9 Å². The molecule has 0 aliphatic heterocycles. The monoisotopic (exact) mass is 394 g/mol. The first-order valence-electron chi connectivity index (χ1n) is 9.29. The quantitative estimate of drug-likeness (QED) is 0.494. The number of amides is 2. The van der Waals surface area contributed by atoms with Gasteiger partial charge in [-0.3, -0.25) is 19.2 Å². The average molecular weight is 394 g/mol. The Morgan fingerprint density at radius 3 is 2.52 bits per heavy atom. The van der Waals surface area contributed by atoms with Gasteiger partial charge in [-0.05, 0) is 26.0 Å². The number of pyridine rings is 1. The Morgan fingerprint density at radius 1 is 1.14 bits per heavy atom. The summed E-state index contributed by atoms with van der Waals surface area (Å²) in [6, 6.07) is 8.42. The van der Waals surface area contributed by atoms with Gasteiger partial charge in [0.15, 0.2) is 0 Å². The molecule has 8 nitrogen and oxygen atoms in total. The largest absolute Gasteiger partial charge is 0.360 e. The number of carbonyl (C=O) groups is 3. The molecule has 0 saturated heterocycles. The summed E-state index contributed by atoms with van der Waals surface area (Å²) in [5.74, 6) is -1.98. The number of nitrogens with zero attached hydrogens (tertiary/aromatic N) is 2. The summed E-state index contributed by atoms with van der Waals surface area (Å²) in [5.41, 5.74) is 0.562. The summed E-state index contributed by atoms with van der Waals surface area (Å²) in [7, 11) is 1.48. The minimum absolute atomic E-state index is 0.122. The Labute approximate surface area is 167 Å². The van der Waals surface area contributed by atoms with Crippen LogP contribution in [0, 0.1) is 0 Å². The molecule has 0 unspecified atom stereocenters. The molecule has 0 aliphatic rings. The summed E-state index contributed by atoms with van der Waals surface area (Å²) in [4.78, 5) is 54.7. The van der Waals surface area contributed by atoms with Crippen molar-refractivity contribution in [2.75, 3.05) is 18.4 Å². The van der Waals surface area contributed by atoms with E-state index in [9.17, 15) is 19.2 Å². The van der Waals surface area contributed by atoms with Crippen molar-refractivity contribution >= 4 is 34.2 Å². The highest BCUT2D eigenvalue weighted by molar-refractivity contribution is 6.48. The molecule has 0 fully saturated rings. The van der Waals surface area contributed by atoms with E-state index in [4.69, 9.17) is 0 Å². The molecular formula is C21H22N4O4. The number of aromatic nitrogens is 2. The van der Waals surface area contributed by atoms with Crippen LogP contribution in [0.3, 0.4) is 0 Å². The summed E-state index contributed by atoms with van der Waals surface area (Å²) in [5, 5.41) is 2.98. The molecule has 0 aliphatic carbocycles. The fraction of sp³-hybridized carbons (Fsp3) is 0.238. The zero-order valence-electron chi connectivity index (χ0n) is 16.5. The Bertz CT molecular complexity index is 1150. The number of rotatable bonds is 6. The number of anilines is 1. The van der Waals surface area contributed by atoms with Crippen LogP contribution < -0.4 is 10.9 Å². The van der Waals surface area contributed by atoms with E-state index in [1.807, 2.05) is 19.9 Å². The summed E-state index contributed by atoms with van der Waals surface area (Å²) in [6.45, 7) is 4.73. The minimum atomic E-state index is -0.945. The first-order chi connectivity index (χ1) is 13.9. The van der Waals surface area contributed by atoms with Gasteiger partial charge in [-0.2, -0.15) is 0 Å². The Morgan fingerprint density at radius 2 is 1.83 bits per heavy atom. The normalized spacial score (nSPS) is 10.7. The van der Waals surface area contributed by atoms with Gasteiger partial charge in [-0.1, -0.05) is 18.2 Å². The van der Waals surface area contributed by atoms with Gasteiger partial charge >= 0.3 is 0 Å². The molecule has 2 N–H and O–H groups in total.